The number of hydrogen-bond acceptors (Lipinski definition) is 1. The van der Waals surface area contributed by atoms with E-state index in [9.17, 15) is 0 Å². The zero-order valence-corrected chi connectivity index (χ0v) is 8.45. The van der Waals surface area contributed by atoms with E-state index in [1.807, 2.05) is 0 Å². The zero-order chi connectivity index (χ0) is 8.55. The summed E-state index contributed by atoms with van der Waals surface area (Å²) in [4.78, 5) is 1.51. The first-order valence-electron chi connectivity index (χ1n) is 4.50. The zero-order valence-electron chi connectivity index (χ0n) is 7.63. The van der Waals surface area contributed by atoms with Crippen molar-refractivity contribution in [1.29, 1.82) is 0 Å². The lowest BCUT2D eigenvalue weighted by Crippen LogP contribution is -1.85. The molecule has 12 heavy (non-hydrogen) atoms. The van der Waals surface area contributed by atoms with Gasteiger partial charge in [0.25, 0.3) is 0 Å². The summed E-state index contributed by atoms with van der Waals surface area (Å²) < 4.78 is 0. The van der Waals surface area contributed by atoms with Crippen molar-refractivity contribution in [2.24, 2.45) is 0 Å². The van der Waals surface area contributed by atoms with Gasteiger partial charge < -0.3 is 0 Å². The summed E-state index contributed by atoms with van der Waals surface area (Å²) in [5, 5.41) is 0.921. The van der Waals surface area contributed by atoms with Crippen molar-refractivity contribution in [2.75, 3.05) is 0 Å². The minimum atomic E-state index is 0.921. The second-order valence-corrected chi connectivity index (χ2v) is 4.85. The van der Waals surface area contributed by atoms with E-state index in [2.05, 4.69) is 43.8 Å². The number of rotatable bonds is 2. The van der Waals surface area contributed by atoms with Crippen LogP contribution in [-0.4, -0.2) is 5.25 Å². The molecule has 0 amide bonds. The van der Waals surface area contributed by atoms with Crippen molar-refractivity contribution in [2.45, 2.75) is 36.8 Å². The Balaban J connectivity index is 2.26. The van der Waals surface area contributed by atoms with Crippen molar-refractivity contribution in [3.8, 4) is 0 Å². The molecule has 64 valence electrons. The fourth-order valence-electron chi connectivity index (χ4n) is 1.34. The van der Waals surface area contributed by atoms with Gasteiger partial charge in [0.1, 0.15) is 0 Å². The summed E-state index contributed by atoms with van der Waals surface area (Å²) in [6, 6.07) is 6.55. The molecule has 2 rings (SSSR count). The van der Waals surface area contributed by atoms with E-state index in [4.69, 9.17) is 0 Å². The standard InChI is InChI=1S/C11H14S/c1-8-4-3-5-9(2)11(8)12-10-6-7-10/h3-5,10H,6-7H2,1-2H3. The molecule has 0 unspecified atom stereocenters. The van der Waals surface area contributed by atoms with E-state index in [1.165, 1.54) is 28.9 Å². The van der Waals surface area contributed by atoms with Gasteiger partial charge in [-0.15, -0.1) is 11.8 Å². The van der Waals surface area contributed by atoms with E-state index < -0.39 is 0 Å². The molecule has 0 aromatic heterocycles. The van der Waals surface area contributed by atoms with Crippen LogP contribution in [-0.2, 0) is 0 Å². The first-order valence-corrected chi connectivity index (χ1v) is 5.38. The van der Waals surface area contributed by atoms with Crippen molar-refractivity contribution >= 4 is 11.8 Å². The average molecular weight is 178 g/mol. The molecule has 1 saturated carbocycles. The molecule has 1 fully saturated rings. The van der Waals surface area contributed by atoms with Gasteiger partial charge in [-0.2, -0.15) is 0 Å². The van der Waals surface area contributed by atoms with Crippen LogP contribution in [0, 0.1) is 13.8 Å². The van der Waals surface area contributed by atoms with E-state index in [0.29, 0.717) is 0 Å². The normalized spacial score (nSPS) is 16.5. The highest BCUT2D eigenvalue weighted by atomic mass is 32.2. The Bertz CT molecular complexity index is 267. The second kappa shape index (κ2) is 3.14. The SMILES string of the molecule is Cc1cccc(C)c1SC1CC1. The average Bonchev–Trinajstić information content (AvgIpc) is 2.80. The minimum absolute atomic E-state index is 0.921. The highest BCUT2D eigenvalue weighted by Gasteiger charge is 2.23. The van der Waals surface area contributed by atoms with Gasteiger partial charge in [0, 0.05) is 10.1 Å². The Morgan fingerprint density at radius 1 is 1.17 bits per heavy atom. The highest BCUT2D eigenvalue weighted by molar-refractivity contribution is 8.00. The quantitative estimate of drug-likeness (QED) is 0.667. The largest absolute Gasteiger partial charge is 0.122 e. The molecule has 1 aliphatic rings. The minimum Gasteiger partial charge on any atom is -0.122 e. The van der Waals surface area contributed by atoms with Crippen LogP contribution < -0.4 is 0 Å². The highest BCUT2D eigenvalue weighted by Crippen LogP contribution is 2.41. The van der Waals surface area contributed by atoms with Crippen LogP contribution >= 0.6 is 11.8 Å². The maximum Gasteiger partial charge on any atom is 0.0133 e. The molecule has 0 N–H and O–H groups in total. The molecule has 1 heteroatoms. The Kier molecular flexibility index (Phi) is 2.14. The van der Waals surface area contributed by atoms with E-state index in [1.54, 1.807) is 0 Å². The van der Waals surface area contributed by atoms with Crippen LogP contribution in [0.25, 0.3) is 0 Å². The molecule has 0 heterocycles. The molecular formula is C11H14S. The lowest BCUT2D eigenvalue weighted by molar-refractivity contribution is 1.21. The molecule has 0 bridgehead atoms. The third-order valence-corrected chi connectivity index (χ3v) is 3.90. The Morgan fingerprint density at radius 3 is 2.25 bits per heavy atom. The molecule has 0 nitrogen and oxygen atoms in total. The summed E-state index contributed by atoms with van der Waals surface area (Å²) in [6.45, 7) is 4.41. The lowest BCUT2D eigenvalue weighted by Gasteiger charge is -2.07. The third kappa shape index (κ3) is 1.66. The van der Waals surface area contributed by atoms with Crippen molar-refractivity contribution in [3.05, 3.63) is 29.3 Å². The molecule has 0 aliphatic heterocycles. The predicted molar refractivity (Wildman–Crippen MR) is 54.8 cm³/mol. The number of thioether (sulfide) groups is 1. The third-order valence-electron chi connectivity index (χ3n) is 2.22. The van der Waals surface area contributed by atoms with E-state index >= 15 is 0 Å². The van der Waals surface area contributed by atoms with Crippen LogP contribution in [0.4, 0.5) is 0 Å². The summed E-state index contributed by atoms with van der Waals surface area (Å²) in [5.41, 5.74) is 2.87. The fourth-order valence-corrected chi connectivity index (χ4v) is 2.55. The van der Waals surface area contributed by atoms with Crippen LogP contribution in [0.5, 0.6) is 0 Å². The molecular weight excluding hydrogens is 164 g/mol. The maximum absolute atomic E-state index is 2.21. The molecule has 0 saturated heterocycles. The van der Waals surface area contributed by atoms with Gasteiger partial charge in [-0.25, -0.2) is 0 Å². The van der Waals surface area contributed by atoms with Crippen LogP contribution in [0.15, 0.2) is 23.1 Å². The monoisotopic (exact) mass is 178 g/mol. The first kappa shape index (κ1) is 8.18. The van der Waals surface area contributed by atoms with E-state index in [0.717, 1.165) is 5.25 Å². The van der Waals surface area contributed by atoms with Gasteiger partial charge in [-0.1, -0.05) is 18.2 Å². The summed E-state index contributed by atoms with van der Waals surface area (Å²) in [5.74, 6) is 0. The van der Waals surface area contributed by atoms with Gasteiger partial charge in [-0.3, -0.25) is 0 Å². The van der Waals surface area contributed by atoms with Crippen molar-refractivity contribution in [3.63, 3.8) is 0 Å². The summed E-state index contributed by atoms with van der Waals surface area (Å²) in [6.07, 6.45) is 2.83. The number of aryl methyl sites for hydroxylation is 2. The van der Waals surface area contributed by atoms with Gasteiger partial charge in [0.05, 0.1) is 0 Å². The molecule has 0 spiro atoms. The second-order valence-electron chi connectivity index (χ2n) is 3.54. The summed E-state index contributed by atoms with van der Waals surface area (Å²) >= 11 is 2.06. The van der Waals surface area contributed by atoms with Gasteiger partial charge in [0.15, 0.2) is 0 Å². The topological polar surface area (TPSA) is 0 Å². The maximum atomic E-state index is 2.21. The fraction of sp³-hybridized carbons (Fsp3) is 0.455. The number of benzene rings is 1. The predicted octanol–water partition coefficient (Wildman–Crippen LogP) is 3.56. The summed E-state index contributed by atoms with van der Waals surface area (Å²) in [7, 11) is 0. The molecule has 1 aromatic rings. The van der Waals surface area contributed by atoms with Crippen molar-refractivity contribution in [1.82, 2.24) is 0 Å². The van der Waals surface area contributed by atoms with Crippen LogP contribution in [0.1, 0.15) is 24.0 Å². The van der Waals surface area contributed by atoms with E-state index in [-0.39, 0.29) is 0 Å². The first-order chi connectivity index (χ1) is 5.77. The van der Waals surface area contributed by atoms with Gasteiger partial charge in [-0.05, 0) is 37.8 Å². The molecule has 0 radical (unpaired) electrons. The Hall–Kier alpha value is -0.430. The van der Waals surface area contributed by atoms with Gasteiger partial charge >= 0.3 is 0 Å². The van der Waals surface area contributed by atoms with Crippen LogP contribution in [0.3, 0.4) is 0 Å². The van der Waals surface area contributed by atoms with Crippen molar-refractivity contribution < 1.29 is 0 Å². The Morgan fingerprint density at radius 2 is 1.75 bits per heavy atom. The smallest absolute Gasteiger partial charge is 0.0133 e. The lowest BCUT2D eigenvalue weighted by atomic mass is 10.2. The number of hydrogen-bond donors (Lipinski definition) is 0. The molecule has 1 aliphatic carbocycles. The van der Waals surface area contributed by atoms with Crippen LogP contribution in [0.2, 0.25) is 0 Å². The Labute approximate surface area is 78.4 Å². The van der Waals surface area contributed by atoms with Gasteiger partial charge in [0.2, 0.25) is 0 Å². The molecule has 1 aromatic carbocycles. The molecule has 0 atom stereocenters.